The summed E-state index contributed by atoms with van der Waals surface area (Å²) in [6.07, 6.45) is -4.05. The molecule has 55 heavy (non-hydrogen) atoms. The number of aliphatic hydroxyl groups is 1. The van der Waals surface area contributed by atoms with Crippen LogP contribution >= 0.6 is 0 Å². The van der Waals surface area contributed by atoms with Crippen LogP contribution in [0.4, 0.5) is 4.79 Å². The molecular formula is C45H56N2O8. The Balaban J connectivity index is 1.54. The van der Waals surface area contributed by atoms with Crippen molar-refractivity contribution in [1.82, 2.24) is 9.80 Å². The molecule has 1 saturated heterocycles. The summed E-state index contributed by atoms with van der Waals surface area (Å²) >= 11 is 0. The van der Waals surface area contributed by atoms with Crippen LogP contribution in [0.1, 0.15) is 56.9 Å². The summed E-state index contributed by atoms with van der Waals surface area (Å²) in [7, 11) is 0. The Hall–Kier alpha value is -4.58. The zero-order chi connectivity index (χ0) is 39.3. The first-order chi connectivity index (χ1) is 26.4. The van der Waals surface area contributed by atoms with E-state index in [9.17, 15) is 14.7 Å². The quantitative estimate of drug-likeness (QED) is 0.111. The minimum atomic E-state index is -1.95. The number of piperazine rings is 1. The van der Waals surface area contributed by atoms with E-state index in [1.54, 1.807) is 9.80 Å². The molecule has 1 heterocycles. The molecule has 5 rings (SSSR count). The average Bonchev–Trinajstić information content (AvgIpc) is 3.19. The Bertz CT molecular complexity index is 1730. The molecule has 0 aliphatic carbocycles. The average molecular weight is 753 g/mol. The first kappa shape index (κ1) is 41.6. The predicted molar refractivity (Wildman–Crippen MR) is 210 cm³/mol. The smallest absolute Gasteiger partial charge is 0.410 e. The highest BCUT2D eigenvalue weighted by Gasteiger charge is 2.52. The number of amides is 2. The third-order valence-electron chi connectivity index (χ3n) is 9.46. The molecule has 1 N–H and O–H groups in total. The highest BCUT2D eigenvalue weighted by molar-refractivity contribution is 5.82. The minimum Gasteiger partial charge on any atom is -0.444 e. The van der Waals surface area contributed by atoms with Gasteiger partial charge in [-0.25, -0.2) is 4.79 Å². The maximum absolute atomic E-state index is 14.9. The molecule has 4 atom stereocenters. The summed E-state index contributed by atoms with van der Waals surface area (Å²) in [4.78, 5) is 31.2. The molecule has 0 unspecified atom stereocenters. The number of ether oxygens (including phenoxy) is 5. The fourth-order valence-corrected chi connectivity index (χ4v) is 6.34. The summed E-state index contributed by atoms with van der Waals surface area (Å²) in [5.74, 6) is -2.81. The van der Waals surface area contributed by atoms with Gasteiger partial charge in [-0.3, -0.25) is 4.79 Å². The van der Waals surface area contributed by atoms with E-state index in [0.29, 0.717) is 0 Å². The lowest BCUT2D eigenvalue weighted by Gasteiger charge is -2.45. The van der Waals surface area contributed by atoms with Crippen LogP contribution < -0.4 is 0 Å². The Morgan fingerprint density at radius 3 is 1.44 bits per heavy atom. The molecule has 0 bridgehead atoms. The maximum atomic E-state index is 14.9. The first-order valence-electron chi connectivity index (χ1n) is 19.1. The normalized spacial score (nSPS) is 16.3. The second-order valence-electron chi connectivity index (χ2n) is 15.2. The van der Waals surface area contributed by atoms with Crippen molar-refractivity contribution in [2.45, 2.75) is 90.7 Å². The number of nitrogens with zero attached hydrogens (tertiary/aromatic N) is 2. The van der Waals surface area contributed by atoms with Crippen molar-refractivity contribution in [3.63, 3.8) is 0 Å². The van der Waals surface area contributed by atoms with Gasteiger partial charge < -0.3 is 38.6 Å². The van der Waals surface area contributed by atoms with Crippen molar-refractivity contribution in [2.75, 3.05) is 26.2 Å². The molecule has 0 radical (unpaired) electrons. The van der Waals surface area contributed by atoms with Crippen molar-refractivity contribution in [2.24, 2.45) is 5.92 Å². The van der Waals surface area contributed by atoms with Crippen molar-refractivity contribution in [3.05, 3.63) is 144 Å². The van der Waals surface area contributed by atoms with Crippen LogP contribution in [-0.4, -0.2) is 82.8 Å². The van der Waals surface area contributed by atoms with Crippen LogP contribution in [-0.2, 0) is 54.9 Å². The van der Waals surface area contributed by atoms with Crippen molar-refractivity contribution >= 4 is 12.0 Å². The van der Waals surface area contributed by atoms with Gasteiger partial charge in [-0.1, -0.05) is 135 Å². The van der Waals surface area contributed by atoms with Gasteiger partial charge in [-0.15, -0.1) is 0 Å². The topological polar surface area (TPSA) is 107 Å². The van der Waals surface area contributed by atoms with Crippen LogP contribution in [0.2, 0.25) is 0 Å². The molecule has 0 aromatic heterocycles. The van der Waals surface area contributed by atoms with Gasteiger partial charge in [0.2, 0.25) is 0 Å². The predicted octanol–water partition coefficient (Wildman–Crippen LogP) is 7.38. The third-order valence-corrected chi connectivity index (χ3v) is 9.46. The lowest BCUT2D eigenvalue weighted by Crippen LogP contribution is -2.63. The van der Waals surface area contributed by atoms with Gasteiger partial charge in [0.15, 0.2) is 11.9 Å². The maximum Gasteiger partial charge on any atom is 0.410 e. The Kier molecular flexibility index (Phi) is 15.0. The first-order valence-corrected chi connectivity index (χ1v) is 19.1. The zero-order valence-corrected chi connectivity index (χ0v) is 32.7. The molecule has 1 fully saturated rings. The van der Waals surface area contributed by atoms with Gasteiger partial charge in [-0.2, -0.15) is 0 Å². The number of hydrogen-bond donors (Lipinski definition) is 1. The largest absolute Gasteiger partial charge is 0.444 e. The van der Waals surface area contributed by atoms with Gasteiger partial charge in [-0.05, 0) is 43.0 Å². The van der Waals surface area contributed by atoms with Gasteiger partial charge in [0.25, 0.3) is 5.91 Å². The van der Waals surface area contributed by atoms with E-state index in [4.69, 9.17) is 23.7 Å². The molecule has 4 aromatic rings. The standard InChI is InChI=1S/C45H56N2O8/c1-34(2)45(50,54-33-38-24-16-9-17-25-38)41(53-32-37-22-14-8-15-23-37)39(51-30-35-18-10-6-11-19-35)40(52-31-36-20-12-7-13-21-36)42(48)46-26-28-47(29-27-46)43(49)55-44(3,4)5/h6-25,34,39-41,50H,26-33H2,1-5H3/t39-,40-,41+,45+/m1/s1. The summed E-state index contributed by atoms with van der Waals surface area (Å²) < 4.78 is 32.3. The number of carbonyl (C=O) groups excluding carboxylic acids is 2. The summed E-state index contributed by atoms with van der Waals surface area (Å²) in [6, 6.07) is 38.5. The Morgan fingerprint density at radius 1 is 0.600 bits per heavy atom. The summed E-state index contributed by atoms with van der Waals surface area (Å²) in [5, 5.41) is 12.8. The van der Waals surface area contributed by atoms with E-state index < -0.39 is 41.7 Å². The second-order valence-corrected chi connectivity index (χ2v) is 15.2. The number of hydrogen-bond acceptors (Lipinski definition) is 8. The zero-order valence-electron chi connectivity index (χ0n) is 32.7. The lowest BCUT2D eigenvalue weighted by molar-refractivity contribution is -0.324. The molecular weight excluding hydrogens is 697 g/mol. The third kappa shape index (κ3) is 12.2. The Morgan fingerprint density at radius 2 is 1.00 bits per heavy atom. The van der Waals surface area contributed by atoms with E-state index in [0.717, 1.165) is 22.3 Å². The molecule has 0 spiro atoms. The van der Waals surface area contributed by atoms with Crippen LogP contribution in [0, 0.1) is 5.92 Å². The molecule has 1 aliphatic rings. The van der Waals surface area contributed by atoms with E-state index in [-0.39, 0.29) is 58.5 Å². The van der Waals surface area contributed by atoms with Crippen LogP contribution in [0.15, 0.2) is 121 Å². The lowest BCUT2D eigenvalue weighted by atomic mass is 9.89. The number of benzene rings is 4. The summed E-state index contributed by atoms with van der Waals surface area (Å²) in [6.45, 7) is 10.7. The van der Waals surface area contributed by atoms with E-state index in [2.05, 4.69) is 0 Å². The van der Waals surface area contributed by atoms with Crippen molar-refractivity contribution in [3.8, 4) is 0 Å². The van der Waals surface area contributed by atoms with Crippen LogP contribution in [0.5, 0.6) is 0 Å². The van der Waals surface area contributed by atoms with Crippen LogP contribution in [0.3, 0.4) is 0 Å². The van der Waals surface area contributed by atoms with E-state index in [1.165, 1.54) is 0 Å². The van der Waals surface area contributed by atoms with Gasteiger partial charge in [0.1, 0.15) is 17.8 Å². The Labute approximate surface area is 325 Å². The van der Waals surface area contributed by atoms with Crippen molar-refractivity contribution < 1.29 is 38.4 Å². The molecule has 294 valence electrons. The number of rotatable bonds is 17. The molecule has 2 amide bonds. The fourth-order valence-electron chi connectivity index (χ4n) is 6.34. The molecule has 4 aromatic carbocycles. The second kappa shape index (κ2) is 19.8. The summed E-state index contributed by atoms with van der Waals surface area (Å²) in [5.41, 5.74) is 2.82. The van der Waals surface area contributed by atoms with Gasteiger partial charge in [0.05, 0.1) is 26.4 Å². The monoisotopic (exact) mass is 752 g/mol. The fraction of sp³-hybridized carbons (Fsp3) is 0.422. The van der Waals surface area contributed by atoms with Crippen molar-refractivity contribution in [1.29, 1.82) is 0 Å². The van der Waals surface area contributed by atoms with E-state index in [1.807, 2.05) is 156 Å². The molecule has 0 saturated carbocycles. The molecule has 10 heteroatoms. The van der Waals surface area contributed by atoms with Gasteiger partial charge in [0, 0.05) is 32.1 Å². The highest BCUT2D eigenvalue weighted by Crippen LogP contribution is 2.34. The van der Waals surface area contributed by atoms with E-state index >= 15 is 0 Å². The van der Waals surface area contributed by atoms with Gasteiger partial charge >= 0.3 is 6.09 Å². The minimum absolute atomic E-state index is 0.0855. The highest BCUT2D eigenvalue weighted by atomic mass is 16.7. The SMILES string of the molecule is CC(C)[C@](O)(OCc1ccccc1)[C@@H](OCc1ccccc1)[C@H](OCc1ccccc1)[C@@H](OCc1ccccc1)C(=O)N1CCN(C(=O)OC(C)(C)C)CC1. The molecule has 10 nitrogen and oxygen atoms in total. The molecule has 1 aliphatic heterocycles. The number of carbonyl (C=O) groups is 2. The van der Waals surface area contributed by atoms with Crippen LogP contribution in [0.25, 0.3) is 0 Å².